The molecule has 0 spiro atoms. The summed E-state index contributed by atoms with van der Waals surface area (Å²) in [5.74, 6) is 3.19. The molecule has 2 aromatic carbocycles. The molecule has 9 nitrogen and oxygen atoms in total. The summed E-state index contributed by atoms with van der Waals surface area (Å²) in [6.07, 6.45) is 5.48. The Hall–Kier alpha value is -2.99. The van der Waals surface area contributed by atoms with Gasteiger partial charge in [0.2, 0.25) is 6.79 Å². The van der Waals surface area contributed by atoms with E-state index >= 15 is 0 Å². The molecule has 1 N–H and O–H groups in total. The van der Waals surface area contributed by atoms with Gasteiger partial charge in [0.15, 0.2) is 11.5 Å². The number of ether oxygens (including phenoxy) is 5. The molecule has 2 fully saturated rings. The molecule has 2 atom stereocenters. The lowest BCUT2D eigenvalue weighted by molar-refractivity contribution is 0.0718. The van der Waals surface area contributed by atoms with Gasteiger partial charge >= 0.3 is 12.2 Å². The van der Waals surface area contributed by atoms with Gasteiger partial charge in [-0.3, -0.25) is 0 Å². The molecule has 12 heteroatoms. The van der Waals surface area contributed by atoms with Crippen LogP contribution in [0.25, 0.3) is 0 Å². The van der Waals surface area contributed by atoms with Gasteiger partial charge < -0.3 is 33.9 Å². The number of carbonyl (C=O) groups excluding carboxylic acids is 2. The highest BCUT2D eigenvalue weighted by Crippen LogP contribution is 2.37. The molecular weight excluding hydrogens is 595 g/mol. The fourth-order valence-electron chi connectivity index (χ4n) is 5.63. The van der Waals surface area contributed by atoms with E-state index in [4.69, 9.17) is 23.7 Å². The second kappa shape index (κ2) is 16.2. The molecule has 2 aromatic rings. The molecule has 3 aliphatic rings. The first-order valence-corrected chi connectivity index (χ1v) is 17.4. The first kappa shape index (κ1) is 31.4. The van der Waals surface area contributed by atoms with E-state index in [1.807, 2.05) is 24.3 Å². The zero-order valence-corrected chi connectivity index (χ0v) is 25.8. The second-order valence-corrected chi connectivity index (χ2v) is 13.5. The number of carbonyl (C=O) groups is 2. The third kappa shape index (κ3) is 9.50. The van der Waals surface area contributed by atoms with Crippen molar-refractivity contribution in [2.45, 2.75) is 50.5 Å². The summed E-state index contributed by atoms with van der Waals surface area (Å²) in [6.45, 7) is 2.41. The van der Waals surface area contributed by atoms with Crippen molar-refractivity contribution in [1.29, 1.82) is 0 Å². The van der Waals surface area contributed by atoms with Gasteiger partial charge in [0.25, 0.3) is 0 Å². The maximum absolute atomic E-state index is 13.6. The number of benzene rings is 2. The maximum Gasteiger partial charge on any atom is 0.409 e. The van der Waals surface area contributed by atoms with Crippen molar-refractivity contribution in [2.75, 3.05) is 51.1 Å². The number of piperidine rings is 1. The first-order valence-electron chi connectivity index (χ1n) is 14.9. The number of nitrogens with one attached hydrogen (secondary N) is 1. The monoisotopic (exact) mass is 634 g/mol. The van der Waals surface area contributed by atoms with E-state index in [0.29, 0.717) is 55.8 Å². The molecule has 0 radical (unpaired) electrons. The van der Waals surface area contributed by atoms with Crippen molar-refractivity contribution in [3.05, 3.63) is 53.8 Å². The van der Waals surface area contributed by atoms with E-state index < -0.39 is 0 Å². The van der Waals surface area contributed by atoms with Crippen molar-refractivity contribution < 1.29 is 37.7 Å². The molecular formula is C31H39FN2O7S2. The summed E-state index contributed by atoms with van der Waals surface area (Å²) in [4.78, 5) is 26.6. The van der Waals surface area contributed by atoms with E-state index in [1.54, 1.807) is 32.6 Å². The number of halogens is 1. The SMILES string of the molecule is O=C(NCCSSCCOC(=O)N1CCC(c2ccc(F)cc2)C(COc2ccc3c(c2)OCO3)C1)OC1CCCCC1. The zero-order chi connectivity index (χ0) is 29.9. The van der Waals surface area contributed by atoms with Crippen LogP contribution in [0.5, 0.6) is 17.2 Å². The second-order valence-electron chi connectivity index (χ2n) is 10.8. The van der Waals surface area contributed by atoms with Gasteiger partial charge in [-0.15, -0.1) is 0 Å². The van der Waals surface area contributed by atoms with Crippen LogP contribution in [0, 0.1) is 11.7 Å². The Morgan fingerprint density at radius 1 is 0.977 bits per heavy atom. The van der Waals surface area contributed by atoms with Crippen molar-refractivity contribution >= 4 is 33.8 Å². The van der Waals surface area contributed by atoms with Crippen LogP contribution in [0.3, 0.4) is 0 Å². The summed E-state index contributed by atoms with van der Waals surface area (Å²) in [5, 5.41) is 2.81. The third-order valence-electron chi connectivity index (χ3n) is 7.85. The van der Waals surface area contributed by atoms with E-state index in [-0.39, 0.29) is 42.7 Å². The Balaban J connectivity index is 1.02. The predicted molar refractivity (Wildman–Crippen MR) is 165 cm³/mol. The van der Waals surface area contributed by atoms with Crippen LogP contribution in [0.4, 0.5) is 14.0 Å². The number of amides is 2. The van der Waals surface area contributed by atoms with Crippen LogP contribution in [-0.2, 0) is 9.47 Å². The van der Waals surface area contributed by atoms with Gasteiger partial charge in [-0.25, -0.2) is 14.0 Å². The number of hydrogen-bond acceptors (Lipinski definition) is 9. The van der Waals surface area contributed by atoms with E-state index in [0.717, 1.165) is 43.4 Å². The summed E-state index contributed by atoms with van der Waals surface area (Å²) in [6, 6.07) is 12.0. The van der Waals surface area contributed by atoms with Gasteiger partial charge in [-0.2, -0.15) is 0 Å². The number of fused-ring (bicyclic) bond motifs is 1. The third-order valence-corrected chi connectivity index (χ3v) is 10.2. The van der Waals surface area contributed by atoms with Gasteiger partial charge in [-0.05, 0) is 67.9 Å². The fourth-order valence-corrected chi connectivity index (χ4v) is 7.36. The molecule has 2 heterocycles. The highest BCUT2D eigenvalue weighted by Gasteiger charge is 2.34. The van der Waals surface area contributed by atoms with Crippen LogP contribution < -0.4 is 19.5 Å². The quantitative estimate of drug-likeness (QED) is 0.204. The molecule has 234 valence electrons. The molecule has 2 unspecified atom stereocenters. The van der Waals surface area contributed by atoms with Crippen molar-refractivity contribution in [1.82, 2.24) is 10.2 Å². The van der Waals surface area contributed by atoms with Crippen LogP contribution in [0.15, 0.2) is 42.5 Å². The van der Waals surface area contributed by atoms with E-state index in [9.17, 15) is 14.0 Å². The molecule has 1 saturated carbocycles. The van der Waals surface area contributed by atoms with Crippen molar-refractivity contribution in [3.63, 3.8) is 0 Å². The average molecular weight is 635 g/mol. The van der Waals surface area contributed by atoms with E-state index in [1.165, 1.54) is 18.6 Å². The highest BCUT2D eigenvalue weighted by atomic mass is 33.1. The fraction of sp³-hybridized carbons (Fsp3) is 0.548. The number of hydrogen-bond donors (Lipinski definition) is 1. The molecule has 2 amide bonds. The number of nitrogens with zero attached hydrogens (tertiary/aromatic N) is 1. The highest BCUT2D eigenvalue weighted by molar-refractivity contribution is 8.76. The van der Waals surface area contributed by atoms with Crippen LogP contribution >= 0.6 is 21.6 Å². The summed E-state index contributed by atoms with van der Waals surface area (Å²) >= 11 is 0. The van der Waals surface area contributed by atoms with Gasteiger partial charge in [0.1, 0.15) is 24.3 Å². The largest absolute Gasteiger partial charge is 0.493 e. The molecule has 1 saturated heterocycles. The lowest BCUT2D eigenvalue weighted by Crippen LogP contribution is -2.45. The average Bonchev–Trinajstić information content (AvgIpc) is 3.50. The minimum absolute atomic E-state index is 0.0144. The normalized spacial score (nSPS) is 20.0. The van der Waals surface area contributed by atoms with Crippen LogP contribution in [0.1, 0.15) is 50.0 Å². The topological polar surface area (TPSA) is 95.6 Å². The Morgan fingerprint density at radius 2 is 1.77 bits per heavy atom. The Kier molecular flexibility index (Phi) is 11.8. The van der Waals surface area contributed by atoms with Gasteiger partial charge in [0.05, 0.1) is 6.61 Å². The molecule has 43 heavy (non-hydrogen) atoms. The molecule has 5 rings (SSSR count). The van der Waals surface area contributed by atoms with Crippen LogP contribution in [-0.4, -0.2) is 74.3 Å². The van der Waals surface area contributed by atoms with Gasteiger partial charge in [0, 0.05) is 43.1 Å². The minimum atomic E-state index is -0.344. The molecule has 1 aliphatic carbocycles. The standard InChI is InChI=1S/C31H39FN2O7S2/c32-24-8-6-22(7-9-24)27-12-14-34(19-23(27)20-38-26-10-11-28-29(18-26)40-21-39-28)31(36)37-15-17-43-42-16-13-33-30(35)41-25-4-2-1-3-5-25/h6-11,18,23,25,27H,1-5,12-17,19-21H2,(H,33,35). The molecule has 2 aliphatic heterocycles. The Labute approximate surface area is 259 Å². The smallest absolute Gasteiger partial charge is 0.409 e. The van der Waals surface area contributed by atoms with Gasteiger partial charge in [-0.1, -0.05) is 40.1 Å². The summed E-state index contributed by atoms with van der Waals surface area (Å²) < 4.78 is 41.6. The minimum Gasteiger partial charge on any atom is -0.493 e. The first-order chi connectivity index (χ1) is 21.0. The molecule has 0 aromatic heterocycles. The van der Waals surface area contributed by atoms with Crippen LogP contribution in [0.2, 0.25) is 0 Å². The Morgan fingerprint density at radius 3 is 2.60 bits per heavy atom. The maximum atomic E-state index is 13.6. The summed E-state index contributed by atoms with van der Waals surface area (Å²) in [7, 11) is 3.22. The van der Waals surface area contributed by atoms with Crippen molar-refractivity contribution in [3.8, 4) is 17.2 Å². The number of alkyl carbamates (subject to hydrolysis) is 1. The predicted octanol–water partition coefficient (Wildman–Crippen LogP) is 6.62. The number of rotatable bonds is 12. The zero-order valence-electron chi connectivity index (χ0n) is 24.2. The lowest BCUT2D eigenvalue weighted by atomic mass is 9.81. The summed E-state index contributed by atoms with van der Waals surface area (Å²) in [5.41, 5.74) is 1.03. The number of likely N-dealkylation sites (tertiary alicyclic amines) is 1. The lowest BCUT2D eigenvalue weighted by Gasteiger charge is -2.38. The van der Waals surface area contributed by atoms with E-state index in [2.05, 4.69) is 5.32 Å². The Bertz CT molecular complexity index is 1200. The molecule has 0 bridgehead atoms. The van der Waals surface area contributed by atoms with Crippen molar-refractivity contribution in [2.24, 2.45) is 5.92 Å².